The van der Waals surface area contributed by atoms with Crippen LogP contribution in [0.4, 0.5) is 4.39 Å². The average Bonchev–Trinajstić information content (AvgIpc) is 2.97. The van der Waals surface area contributed by atoms with Gasteiger partial charge in [-0.2, -0.15) is 5.26 Å². The zero-order valence-corrected chi connectivity index (χ0v) is 15.8. The number of rotatable bonds is 3. The van der Waals surface area contributed by atoms with Crippen LogP contribution in [-0.4, -0.2) is 10.9 Å². The smallest absolute Gasteiger partial charge is 0.170 e. The van der Waals surface area contributed by atoms with Crippen LogP contribution in [0.25, 0.3) is 11.1 Å². The zero-order valence-electron chi connectivity index (χ0n) is 15.8. The number of hydrogen-bond donors (Lipinski definition) is 1. The van der Waals surface area contributed by atoms with Gasteiger partial charge < -0.3 is 5.11 Å². The highest BCUT2D eigenvalue weighted by Gasteiger charge is 2.52. The number of carbonyl (C=O) groups is 1. The summed E-state index contributed by atoms with van der Waals surface area (Å²) in [4.78, 5) is 13.3. The lowest BCUT2D eigenvalue weighted by molar-refractivity contribution is -0.121. The minimum absolute atomic E-state index is 0.222. The van der Waals surface area contributed by atoms with Gasteiger partial charge in [0.1, 0.15) is 11.4 Å². The fraction of sp³-hybridized carbons (Fsp3) is 0.120. The number of benzene rings is 3. The molecule has 0 radical (unpaired) electrons. The number of Topliss-reactive ketones (excluding diaryl/α,β-unsaturated/α-hetero) is 1. The van der Waals surface area contributed by atoms with E-state index in [1.54, 1.807) is 43.3 Å². The summed E-state index contributed by atoms with van der Waals surface area (Å²) >= 11 is 0. The predicted molar refractivity (Wildman–Crippen MR) is 109 cm³/mol. The Balaban J connectivity index is 2.05. The lowest BCUT2D eigenvalue weighted by Crippen LogP contribution is -2.34. The van der Waals surface area contributed by atoms with E-state index in [0.717, 1.165) is 0 Å². The molecule has 29 heavy (non-hydrogen) atoms. The number of nitrogens with zero attached hydrogens (tertiary/aromatic N) is 1. The van der Waals surface area contributed by atoms with E-state index < -0.39 is 17.3 Å². The first-order chi connectivity index (χ1) is 14.0. The van der Waals surface area contributed by atoms with Gasteiger partial charge in [0, 0.05) is 11.1 Å². The highest BCUT2D eigenvalue weighted by molar-refractivity contribution is 6.33. The van der Waals surface area contributed by atoms with E-state index in [9.17, 15) is 19.6 Å². The molecule has 0 saturated heterocycles. The Bertz CT molecular complexity index is 1160. The van der Waals surface area contributed by atoms with E-state index in [1.165, 1.54) is 12.1 Å². The van der Waals surface area contributed by atoms with Crippen molar-refractivity contribution in [1.29, 1.82) is 5.26 Å². The minimum Gasteiger partial charge on any atom is -0.380 e. The Morgan fingerprint density at radius 1 is 0.966 bits per heavy atom. The first-order valence-electron chi connectivity index (χ1n) is 9.30. The molecule has 0 aliphatic heterocycles. The van der Waals surface area contributed by atoms with Gasteiger partial charge in [-0.1, -0.05) is 61.5 Å². The number of allylic oxidation sites excluding steroid dienone is 1. The fourth-order valence-electron chi connectivity index (χ4n) is 4.03. The van der Waals surface area contributed by atoms with Crippen LogP contribution in [0.1, 0.15) is 29.2 Å². The number of nitriles is 1. The van der Waals surface area contributed by atoms with Gasteiger partial charge in [0.05, 0.1) is 17.6 Å². The third-order valence-corrected chi connectivity index (χ3v) is 5.52. The highest BCUT2D eigenvalue weighted by Crippen LogP contribution is 2.53. The molecule has 0 heterocycles. The van der Waals surface area contributed by atoms with Crippen LogP contribution < -0.4 is 0 Å². The second-order valence-electron chi connectivity index (χ2n) is 7.17. The molecule has 3 aromatic rings. The van der Waals surface area contributed by atoms with E-state index in [4.69, 9.17) is 0 Å². The van der Waals surface area contributed by atoms with Gasteiger partial charge in [0.25, 0.3) is 0 Å². The van der Waals surface area contributed by atoms with Crippen LogP contribution in [0.2, 0.25) is 0 Å². The molecular formula is C25H18FNO2. The molecule has 0 saturated carbocycles. The standard InChI is InChI=1S/C25H18FNO2/c1-16-24(28)22(18-10-12-21(26)13-11-18)23(19-7-3-2-4-8-19)25(16,29)20-9-5-6-17(14-20)15-27/h2-14,16,29H,1H3/t16-,25+/m1/s1. The van der Waals surface area contributed by atoms with Crippen molar-refractivity contribution in [2.24, 2.45) is 5.92 Å². The SMILES string of the molecule is C[C@@H]1C(=O)C(c2ccc(F)cc2)=C(c2ccccc2)[C@@]1(O)c1cccc(C#N)c1. The van der Waals surface area contributed by atoms with Crippen molar-refractivity contribution in [3.63, 3.8) is 0 Å². The van der Waals surface area contributed by atoms with Crippen LogP contribution >= 0.6 is 0 Å². The summed E-state index contributed by atoms with van der Waals surface area (Å²) in [5, 5.41) is 21.3. The quantitative estimate of drug-likeness (QED) is 0.712. The maximum absolute atomic E-state index is 13.5. The molecule has 0 amide bonds. The fourth-order valence-corrected chi connectivity index (χ4v) is 4.03. The maximum Gasteiger partial charge on any atom is 0.170 e. The van der Waals surface area contributed by atoms with Crippen LogP contribution in [0, 0.1) is 23.1 Å². The van der Waals surface area contributed by atoms with Crippen molar-refractivity contribution < 1.29 is 14.3 Å². The summed E-state index contributed by atoms with van der Waals surface area (Å²) in [6.07, 6.45) is 0. The van der Waals surface area contributed by atoms with Crippen molar-refractivity contribution in [2.75, 3.05) is 0 Å². The Kier molecular flexibility index (Phi) is 4.62. The molecule has 1 aliphatic rings. The molecule has 2 atom stereocenters. The van der Waals surface area contributed by atoms with Gasteiger partial charge in [0.15, 0.2) is 5.78 Å². The third kappa shape index (κ3) is 2.97. The van der Waals surface area contributed by atoms with E-state index >= 15 is 0 Å². The molecule has 0 bridgehead atoms. The van der Waals surface area contributed by atoms with Crippen molar-refractivity contribution >= 4 is 16.9 Å². The van der Waals surface area contributed by atoms with E-state index in [0.29, 0.717) is 33.4 Å². The highest BCUT2D eigenvalue weighted by atomic mass is 19.1. The molecule has 0 unspecified atom stereocenters. The van der Waals surface area contributed by atoms with Gasteiger partial charge in [-0.15, -0.1) is 0 Å². The number of aliphatic hydroxyl groups is 1. The van der Waals surface area contributed by atoms with E-state index in [2.05, 4.69) is 6.07 Å². The van der Waals surface area contributed by atoms with Gasteiger partial charge in [-0.3, -0.25) is 4.79 Å². The van der Waals surface area contributed by atoms with Crippen LogP contribution in [0.5, 0.6) is 0 Å². The molecule has 142 valence electrons. The number of hydrogen-bond acceptors (Lipinski definition) is 3. The number of carbonyl (C=O) groups excluding carboxylic acids is 1. The van der Waals surface area contributed by atoms with Gasteiger partial charge in [-0.25, -0.2) is 4.39 Å². The van der Waals surface area contributed by atoms with Crippen LogP contribution in [0.3, 0.4) is 0 Å². The summed E-state index contributed by atoms with van der Waals surface area (Å²) in [6.45, 7) is 1.68. The van der Waals surface area contributed by atoms with Gasteiger partial charge >= 0.3 is 0 Å². The van der Waals surface area contributed by atoms with Crippen LogP contribution in [0.15, 0.2) is 78.9 Å². The topological polar surface area (TPSA) is 61.1 Å². The number of halogens is 1. The minimum atomic E-state index is -1.62. The molecule has 1 N–H and O–H groups in total. The monoisotopic (exact) mass is 383 g/mol. The molecule has 3 aromatic carbocycles. The lowest BCUT2D eigenvalue weighted by Gasteiger charge is -2.31. The van der Waals surface area contributed by atoms with Crippen LogP contribution in [-0.2, 0) is 10.4 Å². The zero-order chi connectivity index (χ0) is 20.6. The molecule has 3 nitrogen and oxygen atoms in total. The van der Waals surface area contributed by atoms with Crippen molar-refractivity contribution in [2.45, 2.75) is 12.5 Å². The number of ketones is 1. The summed E-state index contributed by atoms with van der Waals surface area (Å²) in [5.41, 5.74) is 1.36. The summed E-state index contributed by atoms with van der Waals surface area (Å²) in [5.74, 6) is -1.39. The first-order valence-corrected chi connectivity index (χ1v) is 9.30. The van der Waals surface area contributed by atoms with Gasteiger partial charge in [-0.05, 0) is 41.0 Å². The lowest BCUT2D eigenvalue weighted by atomic mass is 9.77. The first kappa shape index (κ1) is 18.8. The summed E-state index contributed by atoms with van der Waals surface area (Å²) < 4.78 is 13.5. The normalized spacial score (nSPS) is 21.3. The van der Waals surface area contributed by atoms with Gasteiger partial charge in [0.2, 0.25) is 0 Å². The Morgan fingerprint density at radius 2 is 1.66 bits per heavy atom. The third-order valence-electron chi connectivity index (χ3n) is 5.52. The largest absolute Gasteiger partial charge is 0.380 e. The second-order valence-corrected chi connectivity index (χ2v) is 7.17. The van der Waals surface area contributed by atoms with E-state index in [1.807, 2.05) is 30.3 Å². The van der Waals surface area contributed by atoms with Crippen molar-refractivity contribution in [3.8, 4) is 6.07 Å². The second kappa shape index (κ2) is 7.12. The molecular weight excluding hydrogens is 365 g/mol. The average molecular weight is 383 g/mol. The van der Waals surface area contributed by atoms with E-state index in [-0.39, 0.29) is 5.78 Å². The Morgan fingerprint density at radius 3 is 2.31 bits per heavy atom. The molecule has 4 heteroatoms. The molecule has 0 aromatic heterocycles. The Labute approximate surface area is 168 Å². The molecule has 0 fully saturated rings. The van der Waals surface area contributed by atoms with Crippen molar-refractivity contribution in [1.82, 2.24) is 0 Å². The molecule has 4 rings (SSSR count). The molecule has 0 spiro atoms. The predicted octanol–water partition coefficient (Wildman–Crippen LogP) is 4.71. The summed E-state index contributed by atoms with van der Waals surface area (Å²) in [7, 11) is 0. The summed E-state index contributed by atoms with van der Waals surface area (Å²) in [6, 6.07) is 23.7. The molecule has 1 aliphatic carbocycles. The van der Waals surface area contributed by atoms with Crippen molar-refractivity contribution in [3.05, 3.63) is 107 Å². The Hall–Kier alpha value is -3.55. The maximum atomic E-state index is 13.5.